The molecule has 3 atom stereocenters. The number of hydrogen-bond acceptors (Lipinski definition) is 10. The van der Waals surface area contributed by atoms with E-state index in [1.807, 2.05) is 84.9 Å². The van der Waals surface area contributed by atoms with Crippen LogP contribution < -0.4 is 15.7 Å². The molecule has 0 radical (unpaired) electrons. The second kappa shape index (κ2) is 16.7. The Kier molecular flexibility index (Phi) is 12.1. The van der Waals surface area contributed by atoms with Crippen molar-refractivity contribution in [3.8, 4) is 5.75 Å². The third kappa shape index (κ3) is 9.42. The number of nitrogens with zero attached hydrogens (tertiary/aromatic N) is 2. The van der Waals surface area contributed by atoms with Gasteiger partial charge in [0.2, 0.25) is 0 Å². The number of aliphatic carboxylic acids is 1. The standard InChI is InChI=1S/C39H43N3O10/c1-38(2,3)52-37(47)41-32-21-22-42(36(46)40-32)33-23-26(31(51-33)25-49-35(45)20-19-34(43)44)24-50-39(27-11-7-5-8-12-27,28-13-9-6-10-14-28)29-15-17-30(48-4)18-16-29/h5-18,21-22,26,31,33H,19-20,23-25H2,1-4H3,(H,43,44)(H,40,41,46,47)/t26-,31-,33-/m1/s1. The van der Waals surface area contributed by atoms with E-state index in [0.29, 0.717) is 5.75 Å². The molecule has 1 aliphatic heterocycles. The molecule has 13 heteroatoms. The molecule has 2 heterocycles. The van der Waals surface area contributed by atoms with Crippen LogP contribution in [0.3, 0.4) is 0 Å². The number of nitrogens with one attached hydrogen (secondary N) is 1. The lowest BCUT2D eigenvalue weighted by atomic mass is 9.80. The van der Waals surface area contributed by atoms with E-state index < -0.39 is 53.2 Å². The first-order chi connectivity index (χ1) is 24.9. The monoisotopic (exact) mass is 713 g/mol. The Balaban J connectivity index is 1.46. The first-order valence-electron chi connectivity index (χ1n) is 16.9. The average Bonchev–Trinajstić information content (AvgIpc) is 3.53. The largest absolute Gasteiger partial charge is 0.497 e. The molecule has 0 spiro atoms. The summed E-state index contributed by atoms with van der Waals surface area (Å²) >= 11 is 0. The quantitative estimate of drug-likeness (QED) is 0.118. The van der Waals surface area contributed by atoms with Gasteiger partial charge in [-0.3, -0.25) is 19.5 Å². The van der Waals surface area contributed by atoms with Crippen molar-refractivity contribution in [2.24, 2.45) is 5.92 Å². The van der Waals surface area contributed by atoms with Crippen LogP contribution in [0.15, 0.2) is 102 Å². The van der Waals surface area contributed by atoms with E-state index in [0.717, 1.165) is 16.7 Å². The van der Waals surface area contributed by atoms with Gasteiger partial charge in [-0.2, -0.15) is 4.98 Å². The zero-order chi connectivity index (χ0) is 37.3. The number of rotatable bonds is 14. The van der Waals surface area contributed by atoms with E-state index in [9.17, 15) is 19.2 Å². The molecule has 3 aromatic carbocycles. The maximum absolute atomic E-state index is 13.2. The summed E-state index contributed by atoms with van der Waals surface area (Å²) in [5.74, 6) is -1.52. The lowest BCUT2D eigenvalue weighted by Crippen LogP contribution is -2.37. The summed E-state index contributed by atoms with van der Waals surface area (Å²) in [6, 6.07) is 28.7. The van der Waals surface area contributed by atoms with Crippen molar-refractivity contribution in [2.75, 3.05) is 25.6 Å². The Morgan fingerprint density at radius 1 is 0.885 bits per heavy atom. The van der Waals surface area contributed by atoms with Crippen molar-refractivity contribution in [1.29, 1.82) is 0 Å². The van der Waals surface area contributed by atoms with E-state index in [4.69, 9.17) is 28.8 Å². The third-order valence-corrected chi connectivity index (χ3v) is 8.45. The highest BCUT2D eigenvalue weighted by Gasteiger charge is 2.43. The minimum Gasteiger partial charge on any atom is -0.497 e. The number of benzene rings is 3. The van der Waals surface area contributed by atoms with Crippen molar-refractivity contribution in [3.63, 3.8) is 0 Å². The molecule has 1 aromatic heterocycles. The number of carboxylic acids is 1. The summed E-state index contributed by atoms with van der Waals surface area (Å²) in [4.78, 5) is 53.0. The number of methoxy groups -OCH3 is 1. The topological polar surface area (TPSA) is 165 Å². The van der Waals surface area contributed by atoms with Gasteiger partial charge in [0.25, 0.3) is 0 Å². The Labute approximate surface area is 301 Å². The molecule has 274 valence electrons. The van der Waals surface area contributed by atoms with E-state index in [1.54, 1.807) is 27.9 Å². The van der Waals surface area contributed by atoms with Gasteiger partial charge in [0, 0.05) is 18.5 Å². The first-order valence-corrected chi connectivity index (χ1v) is 16.9. The third-order valence-electron chi connectivity index (χ3n) is 8.45. The number of carboxylic acid groups (broad SMARTS) is 1. The van der Waals surface area contributed by atoms with Gasteiger partial charge in [-0.15, -0.1) is 0 Å². The highest BCUT2D eigenvalue weighted by Crippen LogP contribution is 2.43. The van der Waals surface area contributed by atoms with Gasteiger partial charge in [-0.05, 0) is 55.7 Å². The number of carbonyl (C=O) groups excluding carboxylic acids is 2. The molecule has 2 N–H and O–H groups in total. The lowest BCUT2D eigenvalue weighted by molar-refractivity contribution is -0.152. The number of ether oxygens (including phenoxy) is 5. The molecule has 1 amide bonds. The van der Waals surface area contributed by atoms with Gasteiger partial charge >= 0.3 is 23.7 Å². The van der Waals surface area contributed by atoms with Crippen molar-refractivity contribution >= 4 is 23.8 Å². The van der Waals surface area contributed by atoms with Gasteiger partial charge in [0.15, 0.2) is 0 Å². The van der Waals surface area contributed by atoms with Crippen LogP contribution in [0.4, 0.5) is 10.6 Å². The van der Waals surface area contributed by atoms with E-state index in [1.165, 1.54) is 16.8 Å². The zero-order valence-corrected chi connectivity index (χ0v) is 29.5. The number of carbonyl (C=O) groups is 3. The minimum absolute atomic E-state index is 0.00675. The molecule has 5 rings (SSSR count). The fourth-order valence-electron chi connectivity index (χ4n) is 6.03. The number of anilines is 1. The highest BCUT2D eigenvalue weighted by atomic mass is 16.6. The molecule has 52 heavy (non-hydrogen) atoms. The first kappa shape index (κ1) is 37.7. The number of amides is 1. The fraction of sp³-hybridized carbons (Fsp3) is 0.359. The smallest absolute Gasteiger partial charge is 0.413 e. The molecule has 1 saturated heterocycles. The van der Waals surface area contributed by atoms with Gasteiger partial charge in [-0.1, -0.05) is 72.8 Å². The Hall–Kier alpha value is -5.53. The Morgan fingerprint density at radius 3 is 2.06 bits per heavy atom. The van der Waals surface area contributed by atoms with Crippen LogP contribution in [0.5, 0.6) is 5.75 Å². The summed E-state index contributed by atoms with van der Waals surface area (Å²) in [6.07, 6.45) is -1.25. The summed E-state index contributed by atoms with van der Waals surface area (Å²) < 4.78 is 30.9. The van der Waals surface area contributed by atoms with Gasteiger partial charge in [-0.25, -0.2) is 9.59 Å². The predicted molar refractivity (Wildman–Crippen MR) is 190 cm³/mol. The molecule has 0 unspecified atom stereocenters. The molecule has 0 bridgehead atoms. The average molecular weight is 714 g/mol. The molecule has 1 fully saturated rings. The number of hydrogen-bond donors (Lipinski definition) is 2. The Morgan fingerprint density at radius 2 is 1.50 bits per heavy atom. The van der Waals surface area contributed by atoms with Crippen LogP contribution in [-0.4, -0.2) is 64.7 Å². The second-order valence-electron chi connectivity index (χ2n) is 13.3. The van der Waals surface area contributed by atoms with Crippen molar-refractivity contribution in [2.45, 2.75) is 63.6 Å². The maximum atomic E-state index is 13.2. The maximum Gasteiger partial charge on any atom is 0.413 e. The molecule has 13 nitrogen and oxygen atoms in total. The summed E-state index contributed by atoms with van der Waals surface area (Å²) in [5, 5.41) is 11.5. The second-order valence-corrected chi connectivity index (χ2v) is 13.3. The molecule has 0 aliphatic carbocycles. The molecule has 0 saturated carbocycles. The van der Waals surface area contributed by atoms with Crippen molar-refractivity contribution < 1.29 is 43.2 Å². The van der Waals surface area contributed by atoms with Crippen LogP contribution in [0.1, 0.15) is 63.0 Å². The minimum atomic E-state index is -1.12. The normalized spacial score (nSPS) is 17.3. The predicted octanol–water partition coefficient (Wildman–Crippen LogP) is 5.92. The summed E-state index contributed by atoms with van der Waals surface area (Å²) in [5.41, 5.74) is 0.0539. The van der Waals surface area contributed by atoms with Crippen LogP contribution in [0.2, 0.25) is 0 Å². The molecule has 4 aromatic rings. The highest BCUT2D eigenvalue weighted by molar-refractivity contribution is 5.83. The van der Waals surface area contributed by atoms with Crippen LogP contribution in [0, 0.1) is 5.92 Å². The molecular formula is C39H43N3O10. The zero-order valence-electron chi connectivity index (χ0n) is 29.5. The molecular weight excluding hydrogens is 670 g/mol. The summed E-state index contributed by atoms with van der Waals surface area (Å²) in [6.45, 7) is 5.06. The van der Waals surface area contributed by atoms with Crippen LogP contribution >= 0.6 is 0 Å². The van der Waals surface area contributed by atoms with Crippen molar-refractivity contribution in [3.05, 3.63) is 124 Å². The fourth-order valence-corrected chi connectivity index (χ4v) is 6.03. The van der Waals surface area contributed by atoms with Gasteiger partial charge in [0.05, 0.1) is 32.7 Å². The number of aromatic nitrogens is 2. The lowest BCUT2D eigenvalue weighted by Gasteiger charge is -2.37. The van der Waals surface area contributed by atoms with Gasteiger partial charge < -0.3 is 28.8 Å². The SMILES string of the molecule is COc1ccc(C(OC[C@H]2C[C@H](n3ccc(NC(=O)OC(C)(C)C)nc3=O)O[C@@H]2COC(=O)CCC(=O)O)(c2ccccc2)c2ccccc2)cc1. The van der Waals surface area contributed by atoms with Crippen LogP contribution in [-0.2, 0) is 34.1 Å². The molecule has 1 aliphatic rings. The van der Waals surface area contributed by atoms with Gasteiger partial charge in [0.1, 0.15) is 35.6 Å². The van der Waals surface area contributed by atoms with E-state index >= 15 is 0 Å². The van der Waals surface area contributed by atoms with E-state index in [-0.39, 0.29) is 38.3 Å². The van der Waals surface area contributed by atoms with Crippen molar-refractivity contribution in [1.82, 2.24) is 9.55 Å². The van der Waals surface area contributed by atoms with Crippen LogP contribution in [0.25, 0.3) is 0 Å². The van der Waals surface area contributed by atoms with E-state index in [2.05, 4.69) is 10.3 Å². The summed E-state index contributed by atoms with van der Waals surface area (Å²) in [7, 11) is 1.60. The Bertz CT molecular complexity index is 1840. The number of esters is 1.